The number of rotatable bonds is 8. The average molecular weight is 466 g/mol. The molecule has 0 bridgehead atoms. The van der Waals surface area contributed by atoms with Crippen LogP contribution in [0.3, 0.4) is 0 Å². The number of sulfonamides is 1. The van der Waals surface area contributed by atoms with E-state index >= 15 is 0 Å². The van der Waals surface area contributed by atoms with E-state index in [0.29, 0.717) is 31.0 Å². The first-order chi connectivity index (χ1) is 16.0. The maximum atomic E-state index is 13.1. The van der Waals surface area contributed by atoms with Gasteiger partial charge in [0.25, 0.3) is 15.9 Å². The van der Waals surface area contributed by atoms with Gasteiger partial charge < -0.3 is 10.1 Å². The SMILES string of the molecule is O=C(N[C@H](CN1CCOCC1)c1ccccc1)c1cccc(NS(=O)(=O)c2ccccc2)c1. The molecule has 8 heteroatoms. The lowest BCUT2D eigenvalue weighted by Gasteiger charge is -2.31. The monoisotopic (exact) mass is 465 g/mol. The molecule has 2 N–H and O–H groups in total. The highest BCUT2D eigenvalue weighted by Crippen LogP contribution is 2.19. The van der Waals surface area contributed by atoms with Gasteiger partial charge in [-0.1, -0.05) is 54.6 Å². The normalized spacial score (nSPS) is 15.5. The van der Waals surface area contributed by atoms with E-state index in [1.54, 1.807) is 42.5 Å². The Morgan fingerprint density at radius 3 is 2.27 bits per heavy atom. The van der Waals surface area contributed by atoms with Crippen LogP contribution in [-0.4, -0.2) is 52.1 Å². The van der Waals surface area contributed by atoms with E-state index in [9.17, 15) is 13.2 Å². The summed E-state index contributed by atoms with van der Waals surface area (Å²) in [7, 11) is -3.74. The second-order valence-electron chi connectivity index (χ2n) is 7.85. The first-order valence-corrected chi connectivity index (χ1v) is 12.3. The number of carbonyl (C=O) groups is 1. The summed E-state index contributed by atoms with van der Waals surface area (Å²) in [6.07, 6.45) is 0. The predicted molar refractivity (Wildman–Crippen MR) is 128 cm³/mol. The molecule has 1 aliphatic heterocycles. The molecule has 1 amide bonds. The Kier molecular flexibility index (Phi) is 7.39. The molecular formula is C25H27N3O4S. The Labute approximate surface area is 194 Å². The van der Waals surface area contributed by atoms with Crippen molar-refractivity contribution in [2.75, 3.05) is 37.6 Å². The van der Waals surface area contributed by atoms with Crippen molar-refractivity contribution in [3.63, 3.8) is 0 Å². The Morgan fingerprint density at radius 2 is 1.58 bits per heavy atom. The molecule has 0 spiro atoms. The van der Waals surface area contributed by atoms with Crippen LogP contribution < -0.4 is 10.0 Å². The first-order valence-electron chi connectivity index (χ1n) is 10.9. The molecule has 7 nitrogen and oxygen atoms in total. The minimum absolute atomic E-state index is 0.162. The highest BCUT2D eigenvalue weighted by Gasteiger charge is 2.21. The van der Waals surface area contributed by atoms with Gasteiger partial charge in [0.2, 0.25) is 0 Å². The first kappa shape index (κ1) is 23.0. The summed E-state index contributed by atoms with van der Waals surface area (Å²) in [5.74, 6) is -0.266. The van der Waals surface area contributed by atoms with E-state index in [0.717, 1.165) is 18.7 Å². The molecule has 33 heavy (non-hydrogen) atoms. The van der Waals surface area contributed by atoms with E-state index in [1.807, 2.05) is 30.3 Å². The van der Waals surface area contributed by atoms with E-state index in [-0.39, 0.29) is 16.8 Å². The minimum Gasteiger partial charge on any atom is -0.379 e. The Hall–Kier alpha value is -3.20. The highest BCUT2D eigenvalue weighted by atomic mass is 32.2. The van der Waals surface area contributed by atoms with Gasteiger partial charge in [-0.15, -0.1) is 0 Å². The number of nitrogens with one attached hydrogen (secondary N) is 2. The maximum Gasteiger partial charge on any atom is 0.261 e. The number of carbonyl (C=O) groups excluding carboxylic acids is 1. The van der Waals surface area contributed by atoms with Gasteiger partial charge in [0.15, 0.2) is 0 Å². The summed E-state index contributed by atoms with van der Waals surface area (Å²) in [5, 5.41) is 3.12. The molecule has 1 atom stereocenters. The lowest BCUT2D eigenvalue weighted by atomic mass is 10.1. The Morgan fingerprint density at radius 1 is 0.909 bits per heavy atom. The molecule has 1 aliphatic rings. The van der Waals surface area contributed by atoms with Crippen LogP contribution in [0.15, 0.2) is 89.8 Å². The van der Waals surface area contributed by atoms with Gasteiger partial charge in [-0.3, -0.25) is 14.4 Å². The van der Waals surface area contributed by atoms with Crippen molar-refractivity contribution in [2.24, 2.45) is 0 Å². The number of nitrogens with zero attached hydrogens (tertiary/aromatic N) is 1. The zero-order valence-electron chi connectivity index (χ0n) is 18.2. The Bertz CT molecular complexity index is 1160. The summed E-state index contributed by atoms with van der Waals surface area (Å²) >= 11 is 0. The third-order valence-corrected chi connectivity index (χ3v) is 6.88. The molecule has 172 valence electrons. The molecular weight excluding hydrogens is 438 g/mol. The van der Waals surface area contributed by atoms with Gasteiger partial charge >= 0.3 is 0 Å². The van der Waals surface area contributed by atoms with Crippen molar-refractivity contribution in [3.05, 3.63) is 96.1 Å². The van der Waals surface area contributed by atoms with Crippen molar-refractivity contribution in [2.45, 2.75) is 10.9 Å². The molecule has 0 aliphatic carbocycles. The van der Waals surface area contributed by atoms with Crippen LogP contribution in [0.4, 0.5) is 5.69 Å². The van der Waals surface area contributed by atoms with Crippen LogP contribution >= 0.6 is 0 Å². The number of hydrogen-bond acceptors (Lipinski definition) is 5. The fourth-order valence-electron chi connectivity index (χ4n) is 3.74. The van der Waals surface area contributed by atoms with Crippen molar-refractivity contribution in [3.8, 4) is 0 Å². The minimum atomic E-state index is -3.74. The van der Waals surface area contributed by atoms with E-state index in [4.69, 9.17) is 4.74 Å². The number of hydrogen-bond donors (Lipinski definition) is 2. The average Bonchev–Trinajstić information content (AvgIpc) is 2.85. The molecule has 1 heterocycles. The van der Waals surface area contributed by atoms with Crippen molar-refractivity contribution in [1.82, 2.24) is 10.2 Å². The molecule has 1 fully saturated rings. The van der Waals surface area contributed by atoms with Crippen LogP contribution in [-0.2, 0) is 14.8 Å². The zero-order valence-corrected chi connectivity index (χ0v) is 19.0. The quantitative estimate of drug-likeness (QED) is 0.533. The van der Waals surface area contributed by atoms with E-state index in [1.165, 1.54) is 12.1 Å². The molecule has 0 aromatic heterocycles. The smallest absolute Gasteiger partial charge is 0.261 e. The second kappa shape index (κ2) is 10.6. The van der Waals surface area contributed by atoms with Crippen molar-refractivity contribution >= 4 is 21.6 Å². The molecule has 1 saturated heterocycles. The van der Waals surface area contributed by atoms with Gasteiger partial charge in [-0.05, 0) is 35.9 Å². The van der Waals surface area contributed by atoms with Crippen LogP contribution in [0.1, 0.15) is 22.0 Å². The van der Waals surface area contributed by atoms with Crippen molar-refractivity contribution in [1.29, 1.82) is 0 Å². The molecule has 0 saturated carbocycles. The lowest BCUT2D eigenvalue weighted by molar-refractivity contribution is 0.0332. The fourth-order valence-corrected chi connectivity index (χ4v) is 4.81. The molecule has 0 unspecified atom stereocenters. The standard InChI is InChI=1S/C25H27N3O4S/c29-25(26-24(20-8-3-1-4-9-20)19-28-14-16-32-17-15-28)21-10-7-11-22(18-21)27-33(30,31)23-12-5-2-6-13-23/h1-13,18,24,27H,14-17,19H2,(H,26,29)/t24-/m1/s1. The second-order valence-corrected chi connectivity index (χ2v) is 9.53. The molecule has 3 aromatic rings. The number of ether oxygens (including phenoxy) is 1. The van der Waals surface area contributed by atoms with Crippen LogP contribution in [0.25, 0.3) is 0 Å². The third-order valence-electron chi connectivity index (χ3n) is 5.48. The third kappa shape index (κ3) is 6.19. The predicted octanol–water partition coefficient (Wildman–Crippen LogP) is 3.29. The van der Waals surface area contributed by atoms with Gasteiger partial charge in [0.1, 0.15) is 0 Å². The lowest BCUT2D eigenvalue weighted by Crippen LogP contribution is -2.43. The van der Waals surface area contributed by atoms with Crippen LogP contribution in [0, 0.1) is 0 Å². The summed E-state index contributed by atoms with van der Waals surface area (Å²) in [5.41, 5.74) is 1.72. The summed E-state index contributed by atoms with van der Waals surface area (Å²) in [4.78, 5) is 15.6. The summed E-state index contributed by atoms with van der Waals surface area (Å²) < 4.78 is 33.3. The van der Waals surface area contributed by atoms with Gasteiger partial charge in [-0.2, -0.15) is 0 Å². The van der Waals surface area contributed by atoms with Gasteiger partial charge in [-0.25, -0.2) is 8.42 Å². The largest absolute Gasteiger partial charge is 0.379 e. The number of amides is 1. The summed E-state index contributed by atoms with van der Waals surface area (Å²) in [6.45, 7) is 3.66. The van der Waals surface area contributed by atoms with Crippen LogP contribution in [0.5, 0.6) is 0 Å². The highest BCUT2D eigenvalue weighted by molar-refractivity contribution is 7.92. The fraction of sp³-hybridized carbons (Fsp3) is 0.240. The Balaban J connectivity index is 1.50. The van der Waals surface area contributed by atoms with E-state index in [2.05, 4.69) is 14.9 Å². The summed E-state index contributed by atoms with van der Waals surface area (Å²) in [6, 6.07) is 24.3. The topological polar surface area (TPSA) is 87.7 Å². The number of benzene rings is 3. The van der Waals surface area contributed by atoms with Crippen molar-refractivity contribution < 1.29 is 17.9 Å². The van der Waals surface area contributed by atoms with E-state index < -0.39 is 10.0 Å². The number of morpholine rings is 1. The number of anilines is 1. The van der Waals surface area contributed by atoms with Gasteiger partial charge in [0, 0.05) is 30.9 Å². The van der Waals surface area contributed by atoms with Crippen LogP contribution in [0.2, 0.25) is 0 Å². The van der Waals surface area contributed by atoms with Gasteiger partial charge in [0.05, 0.1) is 24.2 Å². The molecule has 4 rings (SSSR count). The molecule has 0 radical (unpaired) electrons. The zero-order chi connectivity index (χ0) is 23.1. The maximum absolute atomic E-state index is 13.1. The molecule has 3 aromatic carbocycles.